The molecule has 2 aromatic rings. The van der Waals surface area contributed by atoms with Crippen LogP contribution in [0, 0.1) is 0 Å². The summed E-state index contributed by atoms with van der Waals surface area (Å²) in [7, 11) is 0. The summed E-state index contributed by atoms with van der Waals surface area (Å²) in [5.41, 5.74) is 3.42. The number of hydrogen-bond donors (Lipinski definition) is 2. The van der Waals surface area contributed by atoms with Crippen LogP contribution in [0.25, 0.3) is 11.1 Å². The molecule has 0 aromatic heterocycles. The summed E-state index contributed by atoms with van der Waals surface area (Å²) in [6, 6.07) is 18.8. The number of hydrogen-bond acceptors (Lipinski definition) is 2. The molecule has 3 rings (SSSR count). The summed E-state index contributed by atoms with van der Waals surface area (Å²) in [5, 5.41) is 14.0. The van der Waals surface area contributed by atoms with Gasteiger partial charge in [0.15, 0.2) is 0 Å². The molecular weight excluding hydrogens is 258 g/mol. The Kier molecular flexibility index (Phi) is 4.69. The van der Waals surface area contributed by atoms with Crippen molar-refractivity contribution in [3.63, 3.8) is 0 Å². The Morgan fingerprint density at radius 2 is 1.57 bits per heavy atom. The first-order chi connectivity index (χ1) is 10.3. The highest BCUT2D eigenvalue weighted by molar-refractivity contribution is 5.63. The van der Waals surface area contributed by atoms with Crippen LogP contribution in [-0.4, -0.2) is 17.7 Å². The maximum absolute atomic E-state index is 10.6. The van der Waals surface area contributed by atoms with E-state index < -0.39 is 6.10 Å². The van der Waals surface area contributed by atoms with Crippen molar-refractivity contribution in [2.24, 2.45) is 0 Å². The summed E-state index contributed by atoms with van der Waals surface area (Å²) in [6.07, 6.45) is 4.34. The van der Waals surface area contributed by atoms with Gasteiger partial charge in [-0.15, -0.1) is 0 Å². The Morgan fingerprint density at radius 1 is 0.857 bits per heavy atom. The predicted octanol–water partition coefficient (Wildman–Crippen LogP) is 3.92. The van der Waals surface area contributed by atoms with Gasteiger partial charge in [-0.1, -0.05) is 67.4 Å². The average Bonchev–Trinajstić information content (AvgIpc) is 2.84. The Bertz CT molecular complexity index is 542. The van der Waals surface area contributed by atoms with Crippen LogP contribution in [0.15, 0.2) is 54.6 Å². The fraction of sp³-hybridized carbons (Fsp3) is 0.368. The van der Waals surface area contributed by atoms with Crippen molar-refractivity contribution < 1.29 is 5.11 Å². The highest BCUT2D eigenvalue weighted by Gasteiger charge is 2.21. The molecule has 1 saturated heterocycles. The summed E-state index contributed by atoms with van der Waals surface area (Å²) in [6.45, 7) is 1.02. The minimum absolute atomic E-state index is 0.190. The second-order valence-corrected chi connectivity index (χ2v) is 5.84. The van der Waals surface area contributed by atoms with E-state index in [4.69, 9.17) is 0 Å². The van der Waals surface area contributed by atoms with Gasteiger partial charge < -0.3 is 10.4 Å². The van der Waals surface area contributed by atoms with Crippen LogP contribution in [0.2, 0.25) is 0 Å². The molecule has 0 radical (unpaired) electrons. The second-order valence-electron chi connectivity index (χ2n) is 5.84. The molecule has 110 valence electrons. The van der Waals surface area contributed by atoms with E-state index in [1.807, 2.05) is 18.2 Å². The third-order valence-electron chi connectivity index (χ3n) is 4.34. The highest BCUT2D eigenvalue weighted by atomic mass is 16.3. The lowest BCUT2D eigenvalue weighted by Crippen LogP contribution is -2.34. The Morgan fingerprint density at radius 3 is 2.33 bits per heavy atom. The van der Waals surface area contributed by atoms with Gasteiger partial charge in [0.05, 0.1) is 6.10 Å². The molecule has 2 aromatic carbocycles. The molecular formula is C19H23NO. The first-order valence-corrected chi connectivity index (χ1v) is 7.91. The number of rotatable bonds is 3. The van der Waals surface area contributed by atoms with Gasteiger partial charge in [0.2, 0.25) is 0 Å². The zero-order valence-corrected chi connectivity index (χ0v) is 12.3. The Labute approximate surface area is 126 Å². The summed E-state index contributed by atoms with van der Waals surface area (Å²) < 4.78 is 0. The molecule has 2 unspecified atom stereocenters. The van der Waals surface area contributed by atoms with E-state index in [9.17, 15) is 5.11 Å². The lowest BCUT2D eigenvalue weighted by molar-refractivity contribution is 0.126. The molecule has 1 aliphatic heterocycles. The number of aliphatic hydroxyl groups excluding tert-OH is 1. The number of aliphatic hydroxyl groups is 1. The molecule has 0 saturated carbocycles. The molecule has 2 nitrogen and oxygen atoms in total. The minimum Gasteiger partial charge on any atom is -0.387 e. The lowest BCUT2D eigenvalue weighted by Gasteiger charge is -2.23. The molecule has 2 atom stereocenters. The monoisotopic (exact) mass is 281 g/mol. The third kappa shape index (κ3) is 3.52. The molecule has 2 heteroatoms. The predicted molar refractivity (Wildman–Crippen MR) is 87.1 cm³/mol. The van der Waals surface area contributed by atoms with Crippen molar-refractivity contribution in [3.8, 4) is 11.1 Å². The molecule has 0 spiro atoms. The summed E-state index contributed by atoms with van der Waals surface area (Å²) in [5.74, 6) is 0. The SMILES string of the molecule is OC(c1ccc(-c2ccccc2)cc1)C1CCCCCN1. The number of benzene rings is 2. The zero-order valence-electron chi connectivity index (χ0n) is 12.3. The normalized spacial score (nSPS) is 20.7. The highest BCUT2D eigenvalue weighted by Crippen LogP contribution is 2.25. The van der Waals surface area contributed by atoms with Crippen LogP contribution in [0.5, 0.6) is 0 Å². The van der Waals surface area contributed by atoms with Gasteiger partial charge in [0.25, 0.3) is 0 Å². The fourth-order valence-corrected chi connectivity index (χ4v) is 3.06. The standard InChI is InChI=1S/C19H23NO/c21-19(18-9-5-2-6-14-20-18)17-12-10-16(11-13-17)15-7-3-1-4-8-15/h1,3-4,7-8,10-13,18-21H,2,5-6,9,14H2. The van der Waals surface area contributed by atoms with E-state index in [0.29, 0.717) is 0 Å². The lowest BCUT2D eigenvalue weighted by atomic mass is 9.96. The minimum atomic E-state index is -0.409. The maximum Gasteiger partial charge on any atom is 0.0942 e. The topological polar surface area (TPSA) is 32.3 Å². The Balaban J connectivity index is 1.74. The van der Waals surface area contributed by atoms with Crippen molar-refractivity contribution in [1.29, 1.82) is 0 Å². The van der Waals surface area contributed by atoms with Crippen molar-refractivity contribution in [2.45, 2.75) is 37.8 Å². The molecule has 1 fully saturated rings. The van der Waals surface area contributed by atoms with Gasteiger partial charge in [-0.05, 0) is 36.1 Å². The Hall–Kier alpha value is -1.64. The van der Waals surface area contributed by atoms with Crippen LogP contribution in [0.4, 0.5) is 0 Å². The van der Waals surface area contributed by atoms with Gasteiger partial charge in [-0.2, -0.15) is 0 Å². The third-order valence-corrected chi connectivity index (χ3v) is 4.34. The molecule has 1 heterocycles. The van der Waals surface area contributed by atoms with E-state index >= 15 is 0 Å². The molecule has 0 aliphatic carbocycles. The van der Waals surface area contributed by atoms with Crippen molar-refractivity contribution in [1.82, 2.24) is 5.32 Å². The summed E-state index contributed by atoms with van der Waals surface area (Å²) in [4.78, 5) is 0. The second kappa shape index (κ2) is 6.88. The maximum atomic E-state index is 10.6. The summed E-state index contributed by atoms with van der Waals surface area (Å²) >= 11 is 0. The average molecular weight is 281 g/mol. The zero-order chi connectivity index (χ0) is 14.5. The van der Waals surface area contributed by atoms with Crippen molar-refractivity contribution in [2.75, 3.05) is 6.54 Å². The molecule has 0 amide bonds. The van der Waals surface area contributed by atoms with Crippen molar-refractivity contribution >= 4 is 0 Å². The van der Waals surface area contributed by atoms with Crippen LogP contribution in [0.3, 0.4) is 0 Å². The van der Waals surface area contributed by atoms with Crippen LogP contribution < -0.4 is 5.32 Å². The fourth-order valence-electron chi connectivity index (χ4n) is 3.06. The van der Waals surface area contributed by atoms with Gasteiger partial charge in [0.1, 0.15) is 0 Å². The smallest absolute Gasteiger partial charge is 0.0942 e. The van der Waals surface area contributed by atoms with E-state index in [1.54, 1.807) is 0 Å². The van der Waals surface area contributed by atoms with Gasteiger partial charge in [-0.25, -0.2) is 0 Å². The van der Waals surface area contributed by atoms with E-state index in [0.717, 1.165) is 18.5 Å². The molecule has 1 aliphatic rings. The van der Waals surface area contributed by atoms with E-state index in [1.165, 1.54) is 30.4 Å². The van der Waals surface area contributed by atoms with Gasteiger partial charge in [-0.3, -0.25) is 0 Å². The molecule has 21 heavy (non-hydrogen) atoms. The number of nitrogens with one attached hydrogen (secondary N) is 1. The van der Waals surface area contributed by atoms with E-state index in [2.05, 4.69) is 41.7 Å². The molecule has 2 N–H and O–H groups in total. The van der Waals surface area contributed by atoms with Crippen LogP contribution in [-0.2, 0) is 0 Å². The first-order valence-electron chi connectivity index (χ1n) is 7.91. The van der Waals surface area contributed by atoms with E-state index in [-0.39, 0.29) is 6.04 Å². The van der Waals surface area contributed by atoms with Crippen molar-refractivity contribution in [3.05, 3.63) is 60.2 Å². The first kappa shape index (κ1) is 14.3. The quantitative estimate of drug-likeness (QED) is 0.893. The molecule has 0 bridgehead atoms. The van der Waals surface area contributed by atoms with Gasteiger partial charge >= 0.3 is 0 Å². The van der Waals surface area contributed by atoms with Crippen LogP contribution >= 0.6 is 0 Å². The largest absolute Gasteiger partial charge is 0.387 e. The van der Waals surface area contributed by atoms with Gasteiger partial charge in [0, 0.05) is 6.04 Å². The van der Waals surface area contributed by atoms with Crippen LogP contribution in [0.1, 0.15) is 37.4 Å².